The highest BCUT2D eigenvalue weighted by molar-refractivity contribution is 6.33. The van der Waals surface area contributed by atoms with Gasteiger partial charge in [-0.3, -0.25) is 4.99 Å². The fraction of sp³-hybridized carbons (Fsp3) is 0.207. The Kier molecular flexibility index (Phi) is 8.42. The highest BCUT2D eigenvalue weighted by Gasteiger charge is 2.16. The summed E-state index contributed by atoms with van der Waals surface area (Å²) in [6, 6.07) is 7.66. The number of aromatic amines is 2. The van der Waals surface area contributed by atoms with Crippen molar-refractivity contribution in [3.8, 4) is 29.4 Å². The summed E-state index contributed by atoms with van der Waals surface area (Å²) >= 11 is 5.84. The van der Waals surface area contributed by atoms with Crippen LogP contribution in [0.2, 0.25) is 5.15 Å². The van der Waals surface area contributed by atoms with Gasteiger partial charge in [0.05, 0.1) is 40.5 Å². The lowest BCUT2D eigenvalue weighted by Gasteiger charge is -2.17. The molecule has 1 aliphatic heterocycles. The second-order valence-electron chi connectivity index (χ2n) is 9.01. The van der Waals surface area contributed by atoms with Gasteiger partial charge < -0.3 is 30.2 Å². The molecular formula is C29H25ClN8O3. The quantitative estimate of drug-likeness (QED) is 0.162. The van der Waals surface area contributed by atoms with Crippen molar-refractivity contribution in [1.29, 1.82) is 0 Å². The van der Waals surface area contributed by atoms with Gasteiger partial charge in [-0.25, -0.2) is 19.9 Å². The molecule has 1 aliphatic rings. The molecule has 11 nitrogen and oxygen atoms in total. The summed E-state index contributed by atoms with van der Waals surface area (Å²) in [5.74, 6) is 12.1. The Hall–Kier alpha value is -4.94. The van der Waals surface area contributed by atoms with E-state index >= 15 is 0 Å². The molecule has 4 aromatic heterocycles. The number of aliphatic imine (C=N–C) groups is 1. The Bertz CT molecular complexity index is 1870. The van der Waals surface area contributed by atoms with Gasteiger partial charge in [-0.05, 0) is 61.1 Å². The van der Waals surface area contributed by atoms with Crippen molar-refractivity contribution >= 4 is 51.4 Å². The van der Waals surface area contributed by atoms with E-state index in [1.807, 2.05) is 38.3 Å². The molecule has 5 N–H and O–H groups in total. The minimum absolute atomic E-state index is 0.0453. The second kappa shape index (κ2) is 12.5. The number of benzene rings is 1. The van der Waals surface area contributed by atoms with Gasteiger partial charge in [0.25, 0.3) is 0 Å². The van der Waals surface area contributed by atoms with E-state index < -0.39 is 0 Å². The van der Waals surface area contributed by atoms with Gasteiger partial charge in [0.2, 0.25) is 0 Å². The summed E-state index contributed by atoms with van der Waals surface area (Å²) in [7, 11) is 0. The largest absolute Gasteiger partial charge is 0.489 e. The molecule has 0 saturated carbocycles. The molecular weight excluding hydrogens is 544 g/mol. The average Bonchev–Trinajstić information content (AvgIpc) is 3.69. The van der Waals surface area contributed by atoms with E-state index in [4.69, 9.17) is 26.6 Å². The van der Waals surface area contributed by atoms with Crippen LogP contribution in [0.5, 0.6) is 5.75 Å². The van der Waals surface area contributed by atoms with Crippen LogP contribution in [0.25, 0.3) is 22.1 Å². The van der Waals surface area contributed by atoms with Crippen LogP contribution < -0.4 is 10.1 Å². The Labute approximate surface area is 240 Å². The average molecular weight is 569 g/mol. The highest BCUT2D eigenvalue weighted by Crippen LogP contribution is 2.34. The third kappa shape index (κ3) is 6.45. The molecule has 206 valence electrons. The van der Waals surface area contributed by atoms with Gasteiger partial charge in [-0.1, -0.05) is 23.4 Å². The van der Waals surface area contributed by atoms with Crippen molar-refractivity contribution in [3.05, 3.63) is 64.6 Å². The van der Waals surface area contributed by atoms with Crippen molar-refractivity contribution in [2.45, 2.75) is 26.5 Å². The molecule has 5 aromatic rings. The normalized spacial score (nSPS) is 11.4. The highest BCUT2D eigenvalue weighted by atomic mass is 35.5. The lowest BCUT2D eigenvalue weighted by Crippen LogP contribution is -2.08. The van der Waals surface area contributed by atoms with Crippen LogP contribution in [0.15, 0.2) is 41.9 Å². The van der Waals surface area contributed by atoms with Crippen LogP contribution in [0.3, 0.4) is 0 Å². The Morgan fingerprint density at radius 2 is 1.59 bits per heavy atom. The van der Waals surface area contributed by atoms with Gasteiger partial charge in [0.1, 0.15) is 53.9 Å². The number of nitrogens with zero attached hydrogens (tertiary/aromatic N) is 5. The first-order valence-electron chi connectivity index (χ1n) is 12.6. The first-order chi connectivity index (χ1) is 19.9. The molecule has 0 spiro atoms. The zero-order valence-electron chi connectivity index (χ0n) is 22.2. The maximum absolute atomic E-state index is 8.88. The van der Waals surface area contributed by atoms with E-state index in [1.54, 1.807) is 6.07 Å². The number of halogens is 1. The summed E-state index contributed by atoms with van der Waals surface area (Å²) < 4.78 is 5.99. The van der Waals surface area contributed by atoms with Crippen molar-refractivity contribution in [3.63, 3.8) is 0 Å². The predicted octanol–water partition coefficient (Wildman–Crippen LogP) is 3.72. The smallest absolute Gasteiger partial charge is 0.143 e. The van der Waals surface area contributed by atoms with Gasteiger partial charge in [-0.2, -0.15) is 0 Å². The van der Waals surface area contributed by atoms with Gasteiger partial charge >= 0.3 is 0 Å². The van der Waals surface area contributed by atoms with Crippen LogP contribution in [0.4, 0.5) is 11.5 Å². The third-order valence-electron chi connectivity index (χ3n) is 5.76. The number of nitrogens with one attached hydrogen (secondary N) is 3. The number of hydrogen-bond donors (Lipinski definition) is 5. The topological polar surface area (TPSA) is 157 Å². The zero-order valence-corrected chi connectivity index (χ0v) is 22.9. The van der Waals surface area contributed by atoms with Gasteiger partial charge in [0.15, 0.2) is 0 Å². The van der Waals surface area contributed by atoms with Gasteiger partial charge in [0, 0.05) is 6.21 Å². The molecule has 0 fully saturated rings. The standard InChI is InChI=1S/C20H19N5O2.C9H6ClN3O/c1-12(2)27-18-7-14-10-21-9-13(14)6-17(18)25-20-16-8-15(4-3-5-26)24-19(16)22-11-23-20;10-8-7-4-6(2-1-3-14)13-9(7)12-5-11-8/h6-9,11-12,26H,5,10H2,1-2H3,(H2,22,23,24,25);4-5,14H,3H2,(H,11,12,13). The lowest BCUT2D eigenvalue weighted by molar-refractivity contribution is 0.243. The fourth-order valence-electron chi connectivity index (χ4n) is 4.07. The SMILES string of the molecule is CC(C)Oc1cc2c(cc1Nc1ncnc3[nH]c(C#CCO)cc13)C=NC2.OCC#Cc1cc2c(Cl)ncnc2[nH]1. The molecule has 0 aliphatic carbocycles. The maximum Gasteiger partial charge on any atom is 0.143 e. The molecule has 5 heterocycles. The molecule has 0 atom stereocenters. The van der Waals surface area contributed by atoms with Crippen LogP contribution in [0.1, 0.15) is 36.4 Å². The minimum atomic E-state index is -0.196. The summed E-state index contributed by atoms with van der Waals surface area (Å²) in [4.78, 5) is 26.9. The number of aliphatic hydroxyl groups excluding tert-OH is 2. The van der Waals surface area contributed by atoms with Crippen molar-refractivity contribution < 1.29 is 14.9 Å². The van der Waals surface area contributed by atoms with Gasteiger partial charge in [-0.15, -0.1) is 0 Å². The summed E-state index contributed by atoms with van der Waals surface area (Å²) in [5, 5.41) is 22.7. The van der Waals surface area contributed by atoms with E-state index in [1.165, 1.54) is 12.7 Å². The number of fused-ring (bicyclic) bond motifs is 3. The molecule has 1 aromatic carbocycles. The predicted molar refractivity (Wildman–Crippen MR) is 158 cm³/mol. The Morgan fingerprint density at radius 1 is 0.927 bits per heavy atom. The zero-order chi connectivity index (χ0) is 28.8. The number of aliphatic hydroxyl groups is 2. The molecule has 0 radical (unpaired) electrons. The van der Waals surface area contributed by atoms with E-state index in [2.05, 4.69) is 63.9 Å². The van der Waals surface area contributed by atoms with Crippen LogP contribution in [-0.4, -0.2) is 65.6 Å². The number of anilines is 2. The summed E-state index contributed by atoms with van der Waals surface area (Å²) in [6.07, 6.45) is 4.78. The van der Waals surface area contributed by atoms with Crippen LogP contribution in [-0.2, 0) is 6.54 Å². The molecule has 0 amide bonds. The van der Waals surface area contributed by atoms with Crippen LogP contribution >= 0.6 is 11.6 Å². The number of aromatic nitrogens is 6. The Balaban J connectivity index is 0.000000202. The number of H-pyrrole nitrogens is 2. The van der Waals surface area contributed by atoms with E-state index in [0.29, 0.717) is 40.2 Å². The van der Waals surface area contributed by atoms with Crippen molar-refractivity contribution in [2.75, 3.05) is 18.5 Å². The monoisotopic (exact) mass is 568 g/mol. The first-order valence-corrected chi connectivity index (χ1v) is 13.0. The molecule has 0 bridgehead atoms. The minimum Gasteiger partial charge on any atom is -0.489 e. The third-order valence-corrected chi connectivity index (χ3v) is 6.06. The molecule has 0 unspecified atom stereocenters. The molecule has 41 heavy (non-hydrogen) atoms. The molecule has 6 rings (SSSR count). The summed E-state index contributed by atoms with van der Waals surface area (Å²) in [5.41, 5.74) is 5.68. The Morgan fingerprint density at radius 3 is 2.24 bits per heavy atom. The number of ether oxygens (including phenoxy) is 1. The second-order valence-corrected chi connectivity index (χ2v) is 9.36. The maximum atomic E-state index is 8.88. The van der Waals surface area contributed by atoms with Crippen LogP contribution in [0, 0.1) is 23.7 Å². The number of rotatable bonds is 4. The molecule has 0 saturated heterocycles. The van der Waals surface area contributed by atoms with E-state index in [0.717, 1.165) is 33.3 Å². The fourth-order valence-corrected chi connectivity index (χ4v) is 4.26. The van der Waals surface area contributed by atoms with Crippen molar-refractivity contribution in [1.82, 2.24) is 29.9 Å². The van der Waals surface area contributed by atoms with E-state index in [9.17, 15) is 0 Å². The van der Waals surface area contributed by atoms with E-state index in [-0.39, 0.29) is 19.3 Å². The summed E-state index contributed by atoms with van der Waals surface area (Å²) in [6.45, 7) is 4.29. The number of hydrogen-bond acceptors (Lipinski definition) is 9. The van der Waals surface area contributed by atoms with Crippen molar-refractivity contribution in [2.24, 2.45) is 4.99 Å². The molecule has 12 heteroatoms. The first kappa shape index (κ1) is 27.6. The lowest BCUT2D eigenvalue weighted by atomic mass is 10.1.